The molecule has 0 bridgehead atoms. The molecule has 0 spiro atoms. The molecule has 0 saturated carbocycles. The molecule has 0 aliphatic rings. The van der Waals surface area contributed by atoms with Gasteiger partial charge in [-0.15, -0.1) is 0 Å². The normalized spacial score (nSPS) is 9.83. The van der Waals surface area contributed by atoms with E-state index in [-0.39, 0.29) is 5.78 Å². The Bertz CT molecular complexity index is 286. The van der Waals surface area contributed by atoms with E-state index >= 15 is 0 Å². The number of rotatable bonds is 3. The molecule has 0 radical (unpaired) electrons. The third-order valence-electron chi connectivity index (χ3n) is 1.55. The van der Waals surface area contributed by atoms with Gasteiger partial charge in [-0.05, 0) is 18.7 Å². The molecule has 2 nitrogen and oxygen atoms in total. The van der Waals surface area contributed by atoms with E-state index in [1.54, 1.807) is 24.3 Å². The van der Waals surface area contributed by atoms with Crippen molar-refractivity contribution in [1.29, 1.82) is 0 Å². The van der Waals surface area contributed by atoms with Crippen LogP contribution in [0.15, 0.2) is 24.3 Å². The van der Waals surface area contributed by atoms with Crippen LogP contribution in [0.1, 0.15) is 16.8 Å². The minimum absolute atomic E-state index is 0.00287. The van der Waals surface area contributed by atoms with Crippen LogP contribution >= 0.6 is 11.6 Å². The van der Waals surface area contributed by atoms with Gasteiger partial charge in [0.1, 0.15) is 0 Å². The van der Waals surface area contributed by atoms with E-state index < -0.39 is 0 Å². The zero-order chi connectivity index (χ0) is 8.97. The highest BCUT2D eigenvalue weighted by molar-refractivity contribution is 6.33. The van der Waals surface area contributed by atoms with Crippen molar-refractivity contribution in [2.24, 2.45) is 5.73 Å². The molecule has 0 unspecified atom stereocenters. The van der Waals surface area contributed by atoms with Crippen molar-refractivity contribution in [2.45, 2.75) is 6.42 Å². The SMILES string of the molecule is NCCC(=O)c1ccccc1Cl. The van der Waals surface area contributed by atoms with Gasteiger partial charge in [-0.2, -0.15) is 0 Å². The number of halogens is 1. The molecule has 0 saturated heterocycles. The van der Waals surface area contributed by atoms with Crippen LogP contribution < -0.4 is 5.73 Å². The van der Waals surface area contributed by atoms with Crippen LogP contribution in [0.4, 0.5) is 0 Å². The van der Waals surface area contributed by atoms with Crippen LogP contribution in [0.2, 0.25) is 5.02 Å². The smallest absolute Gasteiger partial charge is 0.165 e. The number of nitrogens with two attached hydrogens (primary N) is 1. The molecule has 0 fully saturated rings. The molecule has 3 heteroatoms. The number of carbonyl (C=O) groups is 1. The fourth-order valence-electron chi connectivity index (χ4n) is 0.953. The van der Waals surface area contributed by atoms with E-state index in [0.717, 1.165) is 0 Å². The molecule has 0 heterocycles. The summed E-state index contributed by atoms with van der Waals surface area (Å²) in [6.07, 6.45) is 0.351. The average Bonchev–Trinajstić information content (AvgIpc) is 2.05. The van der Waals surface area contributed by atoms with Gasteiger partial charge in [0.2, 0.25) is 0 Å². The summed E-state index contributed by atoms with van der Waals surface area (Å²) in [6.45, 7) is 0.365. The number of ketones is 1. The number of hydrogen-bond donors (Lipinski definition) is 1. The summed E-state index contributed by atoms with van der Waals surface area (Å²) in [5, 5.41) is 0.496. The summed E-state index contributed by atoms with van der Waals surface area (Å²) in [6, 6.07) is 6.99. The third kappa shape index (κ3) is 2.06. The number of hydrogen-bond acceptors (Lipinski definition) is 2. The van der Waals surface area contributed by atoms with Crippen LogP contribution in [0.5, 0.6) is 0 Å². The van der Waals surface area contributed by atoms with Gasteiger partial charge in [-0.25, -0.2) is 0 Å². The number of carbonyl (C=O) groups excluding carboxylic acids is 1. The molecular weight excluding hydrogens is 174 g/mol. The van der Waals surface area contributed by atoms with Crippen molar-refractivity contribution >= 4 is 17.4 Å². The summed E-state index contributed by atoms with van der Waals surface area (Å²) < 4.78 is 0. The highest BCUT2D eigenvalue weighted by atomic mass is 35.5. The first-order valence-electron chi connectivity index (χ1n) is 3.73. The second kappa shape index (κ2) is 4.24. The molecule has 0 atom stereocenters. The van der Waals surface area contributed by atoms with E-state index in [1.165, 1.54) is 0 Å². The number of Topliss-reactive ketones (excluding diaryl/α,β-unsaturated/α-hetero) is 1. The molecule has 0 aliphatic heterocycles. The standard InChI is InChI=1S/C9H10ClNO/c10-8-4-2-1-3-7(8)9(12)5-6-11/h1-4H,5-6,11H2. The Morgan fingerprint density at radius 1 is 1.42 bits per heavy atom. The molecule has 0 aliphatic carbocycles. The van der Waals surface area contributed by atoms with Crippen molar-refractivity contribution in [3.05, 3.63) is 34.9 Å². The van der Waals surface area contributed by atoms with Crippen molar-refractivity contribution in [3.8, 4) is 0 Å². The maximum atomic E-state index is 11.3. The Morgan fingerprint density at radius 3 is 2.67 bits per heavy atom. The molecule has 1 aromatic rings. The highest BCUT2D eigenvalue weighted by Crippen LogP contribution is 2.16. The lowest BCUT2D eigenvalue weighted by Gasteiger charge is -2.00. The number of benzene rings is 1. The molecule has 64 valence electrons. The first-order chi connectivity index (χ1) is 5.75. The van der Waals surface area contributed by atoms with Gasteiger partial charge in [0.25, 0.3) is 0 Å². The van der Waals surface area contributed by atoms with Crippen molar-refractivity contribution in [1.82, 2.24) is 0 Å². The zero-order valence-corrected chi connectivity index (χ0v) is 7.34. The van der Waals surface area contributed by atoms with Crippen molar-refractivity contribution in [2.75, 3.05) is 6.54 Å². The lowest BCUT2D eigenvalue weighted by molar-refractivity contribution is 0.0985. The Hall–Kier alpha value is -0.860. The first-order valence-corrected chi connectivity index (χ1v) is 4.11. The van der Waals surface area contributed by atoms with Crippen molar-refractivity contribution < 1.29 is 4.79 Å². The summed E-state index contributed by atoms with van der Waals surface area (Å²) in [7, 11) is 0. The first kappa shape index (κ1) is 9.23. The molecular formula is C9H10ClNO. The topological polar surface area (TPSA) is 43.1 Å². The summed E-state index contributed by atoms with van der Waals surface area (Å²) in [5.41, 5.74) is 5.81. The minimum atomic E-state index is 0.00287. The van der Waals surface area contributed by atoms with Crippen LogP contribution in [0.25, 0.3) is 0 Å². The van der Waals surface area contributed by atoms with E-state index in [2.05, 4.69) is 0 Å². The molecule has 2 N–H and O–H groups in total. The van der Waals surface area contributed by atoms with Gasteiger partial charge < -0.3 is 5.73 Å². The molecule has 12 heavy (non-hydrogen) atoms. The van der Waals surface area contributed by atoms with Gasteiger partial charge in [-0.3, -0.25) is 4.79 Å². The monoisotopic (exact) mass is 183 g/mol. The molecule has 1 aromatic carbocycles. The lowest BCUT2D eigenvalue weighted by Crippen LogP contribution is -2.08. The van der Waals surface area contributed by atoms with Crippen LogP contribution in [0, 0.1) is 0 Å². The fourth-order valence-corrected chi connectivity index (χ4v) is 1.19. The van der Waals surface area contributed by atoms with Gasteiger partial charge in [0, 0.05) is 12.0 Å². The Balaban J connectivity index is 2.87. The van der Waals surface area contributed by atoms with Gasteiger partial charge >= 0.3 is 0 Å². The summed E-state index contributed by atoms with van der Waals surface area (Å²) >= 11 is 5.79. The summed E-state index contributed by atoms with van der Waals surface area (Å²) in [4.78, 5) is 11.3. The van der Waals surface area contributed by atoms with E-state index in [4.69, 9.17) is 17.3 Å². The quantitative estimate of drug-likeness (QED) is 0.728. The predicted octanol–water partition coefficient (Wildman–Crippen LogP) is 1.87. The lowest BCUT2D eigenvalue weighted by atomic mass is 10.1. The van der Waals surface area contributed by atoms with Gasteiger partial charge in [0.05, 0.1) is 5.02 Å². The Kier molecular flexibility index (Phi) is 3.26. The summed E-state index contributed by atoms with van der Waals surface area (Å²) in [5.74, 6) is 0.00287. The van der Waals surface area contributed by atoms with Crippen LogP contribution in [-0.4, -0.2) is 12.3 Å². The maximum absolute atomic E-state index is 11.3. The fraction of sp³-hybridized carbons (Fsp3) is 0.222. The second-order valence-corrected chi connectivity index (χ2v) is 2.85. The van der Waals surface area contributed by atoms with Crippen LogP contribution in [-0.2, 0) is 0 Å². The van der Waals surface area contributed by atoms with Gasteiger partial charge in [-0.1, -0.05) is 23.7 Å². The average molecular weight is 184 g/mol. The minimum Gasteiger partial charge on any atom is -0.330 e. The van der Waals surface area contributed by atoms with E-state index in [0.29, 0.717) is 23.6 Å². The zero-order valence-electron chi connectivity index (χ0n) is 6.59. The van der Waals surface area contributed by atoms with E-state index in [9.17, 15) is 4.79 Å². The van der Waals surface area contributed by atoms with E-state index in [1.807, 2.05) is 0 Å². The Morgan fingerprint density at radius 2 is 2.08 bits per heavy atom. The second-order valence-electron chi connectivity index (χ2n) is 2.44. The molecule has 1 rings (SSSR count). The van der Waals surface area contributed by atoms with Crippen molar-refractivity contribution in [3.63, 3.8) is 0 Å². The van der Waals surface area contributed by atoms with Crippen LogP contribution in [0.3, 0.4) is 0 Å². The predicted molar refractivity (Wildman–Crippen MR) is 49.5 cm³/mol. The highest BCUT2D eigenvalue weighted by Gasteiger charge is 2.07. The van der Waals surface area contributed by atoms with Gasteiger partial charge in [0.15, 0.2) is 5.78 Å². The molecule has 0 aromatic heterocycles. The molecule has 0 amide bonds. The largest absolute Gasteiger partial charge is 0.330 e. The maximum Gasteiger partial charge on any atom is 0.165 e. The Labute approximate surface area is 76.3 Å². The third-order valence-corrected chi connectivity index (χ3v) is 1.88.